The van der Waals surface area contributed by atoms with Crippen LogP contribution < -0.4 is 10.1 Å². The Morgan fingerprint density at radius 2 is 2.24 bits per heavy atom. The number of ketones is 1. The van der Waals surface area contributed by atoms with Gasteiger partial charge in [-0.05, 0) is 31.9 Å². The molecule has 1 atom stereocenters. The minimum absolute atomic E-state index is 0.198. The van der Waals surface area contributed by atoms with Crippen LogP contribution in [-0.4, -0.2) is 36.7 Å². The third kappa shape index (κ3) is 4.55. The van der Waals surface area contributed by atoms with E-state index >= 15 is 0 Å². The van der Waals surface area contributed by atoms with Gasteiger partial charge < -0.3 is 15.2 Å². The number of nitrogens with one attached hydrogen (secondary N) is 1. The maximum Gasteiger partial charge on any atom is 0.163 e. The Hall–Kier alpha value is -1.39. The van der Waals surface area contributed by atoms with Gasteiger partial charge in [0.15, 0.2) is 5.78 Å². The fourth-order valence-electron chi connectivity index (χ4n) is 2.60. The number of aliphatic hydroxyl groups is 1. The summed E-state index contributed by atoms with van der Waals surface area (Å²) in [5.41, 5.74) is 1.79. The van der Waals surface area contributed by atoms with Gasteiger partial charge in [-0.2, -0.15) is 0 Å². The molecule has 0 heterocycles. The van der Waals surface area contributed by atoms with Gasteiger partial charge in [-0.3, -0.25) is 4.79 Å². The maximum absolute atomic E-state index is 11.9. The molecule has 0 spiro atoms. The zero-order valence-electron chi connectivity index (χ0n) is 12.7. The van der Waals surface area contributed by atoms with Crippen molar-refractivity contribution in [3.05, 3.63) is 29.3 Å². The van der Waals surface area contributed by atoms with Crippen molar-refractivity contribution in [1.29, 1.82) is 0 Å². The lowest BCUT2D eigenvalue weighted by atomic mass is 9.90. The highest BCUT2D eigenvalue weighted by molar-refractivity contribution is 5.99. The number of fused-ring (bicyclic) bond motifs is 1. The summed E-state index contributed by atoms with van der Waals surface area (Å²) in [4.78, 5) is 11.9. The number of Topliss-reactive ketones (excluding diaryl/α,β-unsaturated/α-hetero) is 1. The van der Waals surface area contributed by atoms with Crippen LogP contribution in [0.4, 0.5) is 0 Å². The first kappa shape index (κ1) is 16.0. The van der Waals surface area contributed by atoms with Crippen LogP contribution in [0.2, 0.25) is 0 Å². The molecule has 1 unspecified atom stereocenters. The van der Waals surface area contributed by atoms with Gasteiger partial charge in [0.25, 0.3) is 0 Å². The summed E-state index contributed by atoms with van der Waals surface area (Å²) in [5, 5.41) is 13.1. The molecule has 1 aliphatic carbocycles. The number of aliphatic hydroxyl groups excluding tert-OH is 1. The van der Waals surface area contributed by atoms with Crippen LogP contribution in [0.25, 0.3) is 0 Å². The quantitative estimate of drug-likeness (QED) is 0.722. The Balaban J connectivity index is 1.86. The summed E-state index contributed by atoms with van der Waals surface area (Å²) in [6, 6.07) is 5.60. The van der Waals surface area contributed by atoms with Crippen LogP contribution in [0.5, 0.6) is 5.75 Å². The molecule has 0 fully saturated rings. The molecule has 4 nitrogen and oxygen atoms in total. The molecule has 0 aromatic heterocycles. The summed E-state index contributed by atoms with van der Waals surface area (Å²) >= 11 is 0. The third-order valence-corrected chi connectivity index (χ3v) is 3.78. The zero-order valence-corrected chi connectivity index (χ0v) is 12.7. The number of hydrogen-bond donors (Lipinski definition) is 2. The van der Waals surface area contributed by atoms with E-state index in [1.165, 1.54) is 0 Å². The molecule has 0 saturated heterocycles. The molecule has 4 heteroatoms. The molecule has 0 aliphatic heterocycles. The van der Waals surface area contributed by atoms with Crippen LogP contribution in [0.3, 0.4) is 0 Å². The number of benzene rings is 1. The Morgan fingerprint density at radius 1 is 1.38 bits per heavy atom. The van der Waals surface area contributed by atoms with E-state index in [1.54, 1.807) is 0 Å². The van der Waals surface area contributed by atoms with Crippen molar-refractivity contribution >= 4 is 5.78 Å². The molecule has 21 heavy (non-hydrogen) atoms. The minimum atomic E-state index is -0.531. The molecule has 116 valence electrons. The summed E-state index contributed by atoms with van der Waals surface area (Å²) in [5.74, 6) is 0.941. The molecular weight excluding hydrogens is 266 g/mol. The van der Waals surface area contributed by atoms with E-state index in [9.17, 15) is 9.90 Å². The fourth-order valence-corrected chi connectivity index (χ4v) is 2.60. The van der Waals surface area contributed by atoms with Crippen LogP contribution in [0.1, 0.15) is 48.5 Å². The first-order valence-corrected chi connectivity index (χ1v) is 7.89. The largest absolute Gasteiger partial charge is 0.491 e. The van der Waals surface area contributed by atoms with Crippen LogP contribution in [-0.2, 0) is 6.42 Å². The van der Waals surface area contributed by atoms with E-state index in [-0.39, 0.29) is 12.4 Å². The van der Waals surface area contributed by atoms with Crippen molar-refractivity contribution in [2.45, 2.75) is 45.1 Å². The molecule has 2 rings (SSSR count). The molecule has 1 aromatic rings. The standard InChI is InChI=1S/C17H25NO3/c1-2-3-10-18-11-13(19)12-21-17-9-5-6-14-15(17)7-4-8-16(14)20/h5-6,9,13,18-19H,2-4,7-8,10-12H2,1H3. The van der Waals surface area contributed by atoms with Crippen LogP contribution in [0.15, 0.2) is 18.2 Å². The molecule has 2 N–H and O–H groups in total. The topological polar surface area (TPSA) is 58.6 Å². The highest BCUT2D eigenvalue weighted by Crippen LogP contribution is 2.29. The van der Waals surface area contributed by atoms with Crippen molar-refractivity contribution in [2.75, 3.05) is 19.7 Å². The van der Waals surface area contributed by atoms with E-state index in [4.69, 9.17) is 4.74 Å². The van der Waals surface area contributed by atoms with Gasteiger partial charge >= 0.3 is 0 Å². The predicted molar refractivity (Wildman–Crippen MR) is 83.0 cm³/mol. The van der Waals surface area contributed by atoms with Gasteiger partial charge in [0.2, 0.25) is 0 Å². The van der Waals surface area contributed by atoms with E-state index in [0.717, 1.165) is 49.1 Å². The lowest BCUT2D eigenvalue weighted by Gasteiger charge is -2.20. The number of unbranched alkanes of at least 4 members (excludes halogenated alkanes) is 1. The van der Waals surface area contributed by atoms with Gasteiger partial charge in [0, 0.05) is 24.1 Å². The van der Waals surface area contributed by atoms with E-state index in [2.05, 4.69) is 12.2 Å². The first-order valence-electron chi connectivity index (χ1n) is 7.89. The van der Waals surface area contributed by atoms with Crippen molar-refractivity contribution < 1.29 is 14.6 Å². The van der Waals surface area contributed by atoms with E-state index in [0.29, 0.717) is 13.0 Å². The summed E-state index contributed by atoms with van der Waals surface area (Å²) in [6.45, 7) is 3.85. The smallest absolute Gasteiger partial charge is 0.163 e. The molecule has 0 radical (unpaired) electrons. The van der Waals surface area contributed by atoms with Gasteiger partial charge in [0.1, 0.15) is 18.5 Å². The normalized spacial score (nSPS) is 15.6. The van der Waals surface area contributed by atoms with Crippen molar-refractivity contribution in [3.63, 3.8) is 0 Å². The van der Waals surface area contributed by atoms with Crippen molar-refractivity contribution in [2.24, 2.45) is 0 Å². The van der Waals surface area contributed by atoms with Crippen LogP contribution in [0, 0.1) is 0 Å². The van der Waals surface area contributed by atoms with E-state index in [1.807, 2.05) is 18.2 Å². The summed E-state index contributed by atoms with van der Waals surface area (Å²) < 4.78 is 5.73. The number of rotatable bonds is 8. The second kappa shape index (κ2) is 8.15. The molecule has 0 saturated carbocycles. The lowest BCUT2D eigenvalue weighted by molar-refractivity contribution is 0.0966. The average Bonchev–Trinajstić information content (AvgIpc) is 2.50. The lowest BCUT2D eigenvalue weighted by Crippen LogP contribution is -2.32. The molecule has 0 amide bonds. The van der Waals surface area contributed by atoms with Crippen molar-refractivity contribution in [1.82, 2.24) is 5.32 Å². The third-order valence-electron chi connectivity index (χ3n) is 3.78. The molecular formula is C17H25NO3. The Kier molecular flexibility index (Phi) is 6.21. The Bertz CT molecular complexity index is 473. The summed E-state index contributed by atoms with van der Waals surface area (Å²) in [7, 11) is 0. The Labute approximate surface area is 126 Å². The van der Waals surface area contributed by atoms with Crippen LogP contribution >= 0.6 is 0 Å². The number of ether oxygens (including phenoxy) is 1. The van der Waals surface area contributed by atoms with E-state index < -0.39 is 6.10 Å². The van der Waals surface area contributed by atoms with Gasteiger partial charge in [0.05, 0.1) is 0 Å². The summed E-state index contributed by atoms with van der Waals surface area (Å²) in [6.07, 6.45) is 4.11. The fraction of sp³-hybridized carbons (Fsp3) is 0.588. The van der Waals surface area contributed by atoms with Gasteiger partial charge in [-0.25, -0.2) is 0 Å². The van der Waals surface area contributed by atoms with Crippen molar-refractivity contribution in [3.8, 4) is 5.75 Å². The maximum atomic E-state index is 11.9. The average molecular weight is 291 g/mol. The highest BCUT2D eigenvalue weighted by Gasteiger charge is 2.20. The first-order chi connectivity index (χ1) is 10.2. The Morgan fingerprint density at radius 3 is 3.05 bits per heavy atom. The molecule has 0 bridgehead atoms. The number of hydrogen-bond acceptors (Lipinski definition) is 4. The highest BCUT2D eigenvalue weighted by atomic mass is 16.5. The van der Waals surface area contributed by atoms with Gasteiger partial charge in [-0.1, -0.05) is 25.5 Å². The predicted octanol–water partition coefficient (Wildman–Crippen LogP) is 2.33. The molecule has 1 aromatic carbocycles. The minimum Gasteiger partial charge on any atom is -0.491 e. The second-order valence-corrected chi connectivity index (χ2v) is 5.58. The SMILES string of the molecule is CCCCNCC(O)COc1cccc2c1CCCC2=O. The molecule has 1 aliphatic rings. The monoisotopic (exact) mass is 291 g/mol. The second-order valence-electron chi connectivity index (χ2n) is 5.58. The number of carbonyl (C=O) groups is 1. The number of carbonyl (C=O) groups excluding carboxylic acids is 1. The zero-order chi connectivity index (χ0) is 15.1. The van der Waals surface area contributed by atoms with Gasteiger partial charge in [-0.15, -0.1) is 0 Å².